The number of carbonyl (C=O) groups is 1. The molecule has 0 radical (unpaired) electrons. The summed E-state index contributed by atoms with van der Waals surface area (Å²) in [6.07, 6.45) is 0. The first kappa shape index (κ1) is 10.2. The summed E-state index contributed by atoms with van der Waals surface area (Å²) >= 11 is 0. The number of nitrogens with two attached hydrogens (primary N) is 1. The highest BCUT2D eigenvalue weighted by molar-refractivity contribution is 5.80. The van der Waals surface area contributed by atoms with Gasteiger partial charge in [0, 0.05) is 6.54 Å². The Hall–Kier alpha value is -1.85. The molecule has 1 heterocycles. The predicted molar refractivity (Wildman–Crippen MR) is 53.6 cm³/mol. The van der Waals surface area contributed by atoms with Crippen LogP contribution in [0.3, 0.4) is 0 Å². The number of rotatable bonds is 4. The van der Waals surface area contributed by atoms with Crippen LogP contribution < -0.4 is 16.4 Å². The van der Waals surface area contributed by atoms with Gasteiger partial charge in [0.25, 0.3) is 0 Å². The molecule has 1 amide bonds. The minimum Gasteiger partial charge on any atom is -0.382 e. The van der Waals surface area contributed by atoms with E-state index in [2.05, 4.69) is 20.8 Å². The lowest BCUT2D eigenvalue weighted by Crippen LogP contribution is -2.29. The highest BCUT2D eigenvalue weighted by atomic mass is 16.1. The number of nitrogen functional groups attached to an aromatic ring is 1. The molecule has 4 N–H and O–H groups in total. The van der Waals surface area contributed by atoms with Crippen LogP contribution >= 0.6 is 0 Å². The van der Waals surface area contributed by atoms with E-state index in [4.69, 9.17) is 5.73 Å². The van der Waals surface area contributed by atoms with Crippen molar-refractivity contribution in [2.24, 2.45) is 0 Å². The van der Waals surface area contributed by atoms with Crippen molar-refractivity contribution < 1.29 is 4.79 Å². The van der Waals surface area contributed by atoms with Gasteiger partial charge in [-0.1, -0.05) is 0 Å². The summed E-state index contributed by atoms with van der Waals surface area (Å²) in [5.74, 6) is 0.810. The highest BCUT2D eigenvalue weighted by Gasteiger charge is 1.99. The monoisotopic (exact) mass is 195 g/mol. The Labute approximate surface area is 81.9 Å². The Morgan fingerprint density at radius 3 is 2.86 bits per heavy atom. The van der Waals surface area contributed by atoms with Gasteiger partial charge in [0.1, 0.15) is 11.6 Å². The molecule has 1 aromatic rings. The van der Waals surface area contributed by atoms with E-state index < -0.39 is 0 Å². The molecule has 0 saturated carbocycles. The van der Waals surface area contributed by atoms with E-state index in [9.17, 15) is 4.79 Å². The van der Waals surface area contributed by atoms with Gasteiger partial charge >= 0.3 is 0 Å². The molecule has 6 nitrogen and oxygen atoms in total. The highest BCUT2D eigenvalue weighted by Crippen LogP contribution is 2.01. The summed E-state index contributed by atoms with van der Waals surface area (Å²) in [6, 6.07) is 3.29. The first-order valence-electron chi connectivity index (χ1n) is 4.32. The van der Waals surface area contributed by atoms with Gasteiger partial charge in [-0.2, -0.15) is 0 Å². The van der Waals surface area contributed by atoms with E-state index in [0.29, 0.717) is 18.2 Å². The smallest absolute Gasteiger partial charge is 0.239 e. The first-order valence-corrected chi connectivity index (χ1v) is 4.32. The topological polar surface area (TPSA) is 92.9 Å². The van der Waals surface area contributed by atoms with Crippen molar-refractivity contribution in [2.75, 3.05) is 24.1 Å². The number of carbonyl (C=O) groups excluding carboxylic acids is 1. The summed E-state index contributed by atoms with van der Waals surface area (Å²) < 4.78 is 0. The third-order valence-corrected chi connectivity index (χ3v) is 1.49. The Morgan fingerprint density at radius 1 is 1.50 bits per heavy atom. The van der Waals surface area contributed by atoms with Crippen LogP contribution in [0.5, 0.6) is 0 Å². The second kappa shape index (κ2) is 5.00. The molecule has 0 fully saturated rings. The lowest BCUT2D eigenvalue weighted by Gasteiger charge is -2.04. The van der Waals surface area contributed by atoms with E-state index >= 15 is 0 Å². The second-order valence-corrected chi connectivity index (χ2v) is 2.65. The number of nitrogens with zero attached hydrogens (tertiary/aromatic N) is 2. The van der Waals surface area contributed by atoms with Gasteiger partial charge < -0.3 is 16.4 Å². The molecule has 1 aromatic heterocycles. The van der Waals surface area contributed by atoms with Crippen LogP contribution in [-0.2, 0) is 4.79 Å². The number of hydrogen-bond donors (Lipinski definition) is 3. The average Bonchev–Trinajstić information content (AvgIpc) is 2.17. The van der Waals surface area contributed by atoms with Crippen LogP contribution in [0, 0.1) is 0 Å². The number of aromatic nitrogens is 2. The van der Waals surface area contributed by atoms with Crippen LogP contribution in [0.25, 0.3) is 0 Å². The van der Waals surface area contributed by atoms with Crippen molar-refractivity contribution in [3.05, 3.63) is 12.1 Å². The van der Waals surface area contributed by atoms with Crippen LogP contribution in [-0.4, -0.2) is 29.2 Å². The van der Waals surface area contributed by atoms with Crippen molar-refractivity contribution in [2.45, 2.75) is 6.92 Å². The molecule has 1 rings (SSSR count). The fourth-order valence-electron chi connectivity index (χ4n) is 0.867. The fraction of sp³-hybridized carbons (Fsp3) is 0.375. The lowest BCUT2D eigenvalue weighted by molar-refractivity contribution is -0.119. The number of anilines is 2. The van der Waals surface area contributed by atoms with E-state index in [-0.39, 0.29) is 12.5 Å². The summed E-state index contributed by atoms with van der Waals surface area (Å²) in [5.41, 5.74) is 5.35. The van der Waals surface area contributed by atoms with Crippen molar-refractivity contribution in [3.63, 3.8) is 0 Å². The molecule has 6 heteroatoms. The zero-order valence-corrected chi connectivity index (χ0v) is 7.95. The predicted octanol–water partition coefficient (Wildman–Crippen LogP) is -0.393. The van der Waals surface area contributed by atoms with Gasteiger partial charge in [-0.15, -0.1) is 10.2 Å². The Balaban J connectivity index is 2.38. The normalized spacial score (nSPS) is 9.50. The quantitative estimate of drug-likeness (QED) is 0.608. The van der Waals surface area contributed by atoms with Gasteiger partial charge in [-0.05, 0) is 19.1 Å². The SMILES string of the molecule is CCNC(=O)CNc1ccc(N)nn1. The molecule has 0 atom stereocenters. The first-order chi connectivity index (χ1) is 6.72. The Bertz CT molecular complexity index is 297. The molecular weight excluding hydrogens is 182 g/mol. The Morgan fingerprint density at radius 2 is 2.29 bits per heavy atom. The number of amides is 1. The van der Waals surface area contributed by atoms with Crippen LogP contribution in [0.1, 0.15) is 6.92 Å². The maximum Gasteiger partial charge on any atom is 0.239 e. The molecule has 0 aromatic carbocycles. The summed E-state index contributed by atoms with van der Waals surface area (Å²) in [5, 5.41) is 12.8. The van der Waals surface area contributed by atoms with Gasteiger partial charge in [-0.25, -0.2) is 0 Å². The molecule has 0 aliphatic heterocycles. The van der Waals surface area contributed by atoms with Crippen LogP contribution in [0.2, 0.25) is 0 Å². The largest absolute Gasteiger partial charge is 0.382 e. The minimum atomic E-state index is -0.0777. The molecular formula is C8H13N5O. The van der Waals surface area contributed by atoms with Crippen molar-refractivity contribution in [1.29, 1.82) is 0 Å². The standard InChI is InChI=1S/C8H13N5O/c1-2-10-8(14)5-11-7-4-3-6(9)12-13-7/h3-4H,2,5H2,1H3,(H2,9,12)(H,10,14)(H,11,13). The molecule has 0 spiro atoms. The summed E-state index contributed by atoms with van der Waals surface area (Å²) in [7, 11) is 0. The molecule has 0 saturated heterocycles. The molecule has 0 unspecified atom stereocenters. The van der Waals surface area contributed by atoms with Crippen LogP contribution in [0.15, 0.2) is 12.1 Å². The molecule has 0 aliphatic carbocycles. The van der Waals surface area contributed by atoms with Crippen LogP contribution in [0.4, 0.5) is 11.6 Å². The Kier molecular flexibility index (Phi) is 3.66. The minimum absolute atomic E-state index is 0.0777. The zero-order valence-electron chi connectivity index (χ0n) is 7.95. The molecule has 76 valence electrons. The molecule has 0 bridgehead atoms. The maximum absolute atomic E-state index is 11.0. The van der Waals surface area contributed by atoms with E-state index in [1.807, 2.05) is 6.92 Å². The van der Waals surface area contributed by atoms with Gasteiger partial charge in [0.05, 0.1) is 6.54 Å². The van der Waals surface area contributed by atoms with E-state index in [0.717, 1.165) is 0 Å². The van der Waals surface area contributed by atoms with Gasteiger partial charge in [-0.3, -0.25) is 4.79 Å². The third kappa shape index (κ3) is 3.26. The van der Waals surface area contributed by atoms with E-state index in [1.165, 1.54) is 0 Å². The van der Waals surface area contributed by atoms with Gasteiger partial charge in [0.15, 0.2) is 0 Å². The summed E-state index contributed by atoms with van der Waals surface area (Å²) in [4.78, 5) is 11.0. The van der Waals surface area contributed by atoms with Gasteiger partial charge in [0.2, 0.25) is 5.91 Å². The summed E-state index contributed by atoms with van der Waals surface area (Å²) in [6.45, 7) is 2.67. The number of likely N-dealkylation sites (N-methyl/N-ethyl adjacent to an activating group) is 1. The molecule has 14 heavy (non-hydrogen) atoms. The maximum atomic E-state index is 11.0. The van der Waals surface area contributed by atoms with Crippen molar-refractivity contribution in [1.82, 2.24) is 15.5 Å². The number of nitrogens with one attached hydrogen (secondary N) is 2. The van der Waals surface area contributed by atoms with Crippen molar-refractivity contribution in [3.8, 4) is 0 Å². The lowest BCUT2D eigenvalue weighted by atomic mass is 10.5. The second-order valence-electron chi connectivity index (χ2n) is 2.65. The number of hydrogen-bond acceptors (Lipinski definition) is 5. The average molecular weight is 195 g/mol. The molecule has 0 aliphatic rings. The zero-order chi connectivity index (χ0) is 10.4. The van der Waals surface area contributed by atoms with E-state index in [1.54, 1.807) is 12.1 Å². The fourth-order valence-corrected chi connectivity index (χ4v) is 0.867. The third-order valence-electron chi connectivity index (χ3n) is 1.49. The van der Waals surface area contributed by atoms with Crippen molar-refractivity contribution >= 4 is 17.5 Å².